The zero-order valence-electron chi connectivity index (χ0n) is 13.4. The molecule has 0 fully saturated rings. The van der Waals surface area contributed by atoms with Crippen LogP contribution in [-0.4, -0.2) is 24.8 Å². The standard InChI is InChI=1S/C20H18O4/c1-23-13-24-19-11-17-5-3-2-4-16(17)10-18(19)20(22)15-8-6-14(12-21)7-9-15/h2-11,21H,12-13H2,1H3. The number of methoxy groups -OCH3 is 1. The molecule has 0 saturated carbocycles. The summed E-state index contributed by atoms with van der Waals surface area (Å²) >= 11 is 0. The molecule has 0 atom stereocenters. The van der Waals surface area contributed by atoms with Crippen LogP contribution >= 0.6 is 0 Å². The van der Waals surface area contributed by atoms with Gasteiger partial charge in [0.15, 0.2) is 12.6 Å². The molecule has 0 radical (unpaired) electrons. The molecule has 1 N–H and O–H groups in total. The molecule has 0 aliphatic rings. The van der Waals surface area contributed by atoms with Gasteiger partial charge in [-0.25, -0.2) is 0 Å². The molecule has 4 nitrogen and oxygen atoms in total. The van der Waals surface area contributed by atoms with Gasteiger partial charge in [0, 0.05) is 12.7 Å². The third-order valence-electron chi connectivity index (χ3n) is 3.82. The maximum atomic E-state index is 12.9. The predicted molar refractivity (Wildman–Crippen MR) is 92.2 cm³/mol. The van der Waals surface area contributed by atoms with Gasteiger partial charge in [0.1, 0.15) is 5.75 Å². The van der Waals surface area contributed by atoms with Gasteiger partial charge in [-0.05, 0) is 28.5 Å². The number of rotatable bonds is 6. The number of aliphatic hydroxyl groups excluding tert-OH is 1. The van der Waals surface area contributed by atoms with E-state index in [0.29, 0.717) is 16.9 Å². The van der Waals surface area contributed by atoms with Crippen LogP contribution in [0.3, 0.4) is 0 Å². The van der Waals surface area contributed by atoms with Gasteiger partial charge in [0.2, 0.25) is 0 Å². The van der Waals surface area contributed by atoms with Crippen molar-refractivity contribution in [2.75, 3.05) is 13.9 Å². The molecule has 0 heterocycles. The highest BCUT2D eigenvalue weighted by molar-refractivity contribution is 6.12. The molecule has 0 saturated heterocycles. The van der Waals surface area contributed by atoms with E-state index >= 15 is 0 Å². The van der Waals surface area contributed by atoms with Crippen LogP contribution < -0.4 is 4.74 Å². The molecule has 3 rings (SSSR count). The van der Waals surface area contributed by atoms with Crippen LogP contribution in [0.2, 0.25) is 0 Å². The molecule has 0 unspecified atom stereocenters. The first kappa shape index (κ1) is 16.2. The Hall–Kier alpha value is -2.69. The molecule has 3 aromatic carbocycles. The Labute approximate surface area is 140 Å². The molecule has 3 aromatic rings. The fourth-order valence-electron chi connectivity index (χ4n) is 2.56. The number of ether oxygens (including phenoxy) is 2. The fraction of sp³-hybridized carbons (Fsp3) is 0.150. The summed E-state index contributed by atoms with van der Waals surface area (Å²) in [7, 11) is 1.54. The second-order valence-corrected chi connectivity index (χ2v) is 5.43. The van der Waals surface area contributed by atoms with E-state index < -0.39 is 0 Å². The van der Waals surface area contributed by atoms with Gasteiger partial charge in [-0.1, -0.05) is 48.5 Å². The summed E-state index contributed by atoms with van der Waals surface area (Å²) in [5.74, 6) is 0.364. The van der Waals surface area contributed by atoms with E-state index in [1.165, 1.54) is 7.11 Å². The molecule has 0 aromatic heterocycles. The summed E-state index contributed by atoms with van der Waals surface area (Å²) in [5.41, 5.74) is 1.80. The first-order valence-electron chi connectivity index (χ1n) is 7.62. The van der Waals surface area contributed by atoms with Crippen LogP contribution in [0.15, 0.2) is 60.7 Å². The van der Waals surface area contributed by atoms with Gasteiger partial charge in [0.25, 0.3) is 0 Å². The first-order valence-corrected chi connectivity index (χ1v) is 7.62. The van der Waals surface area contributed by atoms with Crippen molar-refractivity contribution in [2.45, 2.75) is 6.61 Å². The Morgan fingerprint density at radius 3 is 2.29 bits per heavy atom. The summed E-state index contributed by atoms with van der Waals surface area (Å²) in [6.45, 7) is 0.0225. The number of carbonyl (C=O) groups excluding carboxylic acids is 1. The van der Waals surface area contributed by atoms with Crippen LogP contribution in [-0.2, 0) is 11.3 Å². The van der Waals surface area contributed by atoms with Crippen molar-refractivity contribution in [3.8, 4) is 5.75 Å². The van der Waals surface area contributed by atoms with Crippen molar-refractivity contribution in [1.29, 1.82) is 0 Å². The molecule has 0 bridgehead atoms. The Balaban J connectivity index is 2.05. The maximum Gasteiger partial charge on any atom is 0.196 e. The Bertz CT molecular complexity index is 853. The molecular weight excluding hydrogens is 304 g/mol. The lowest BCUT2D eigenvalue weighted by Gasteiger charge is -2.12. The number of hydrogen-bond acceptors (Lipinski definition) is 4. The van der Waals surface area contributed by atoms with E-state index in [1.807, 2.05) is 36.4 Å². The zero-order valence-corrected chi connectivity index (χ0v) is 13.4. The third kappa shape index (κ3) is 3.30. The average Bonchev–Trinajstić information content (AvgIpc) is 2.65. The van der Waals surface area contributed by atoms with Gasteiger partial charge in [-0.15, -0.1) is 0 Å². The van der Waals surface area contributed by atoms with Crippen LogP contribution in [0, 0.1) is 0 Å². The lowest BCUT2D eigenvalue weighted by atomic mass is 9.98. The SMILES string of the molecule is COCOc1cc2ccccc2cc1C(=O)c1ccc(CO)cc1. The van der Waals surface area contributed by atoms with Crippen LogP contribution in [0.4, 0.5) is 0 Å². The monoisotopic (exact) mass is 322 g/mol. The zero-order chi connectivity index (χ0) is 16.9. The molecule has 4 heteroatoms. The molecule has 122 valence electrons. The van der Waals surface area contributed by atoms with Gasteiger partial charge in [-0.3, -0.25) is 4.79 Å². The maximum absolute atomic E-state index is 12.9. The first-order chi connectivity index (χ1) is 11.7. The van der Waals surface area contributed by atoms with Crippen molar-refractivity contribution in [3.05, 3.63) is 77.4 Å². The molecule has 0 aliphatic heterocycles. The summed E-state index contributed by atoms with van der Waals surface area (Å²) in [6.07, 6.45) is 0. The topological polar surface area (TPSA) is 55.8 Å². The summed E-state index contributed by atoms with van der Waals surface area (Å²) in [6, 6.07) is 18.4. The third-order valence-corrected chi connectivity index (χ3v) is 3.82. The Kier molecular flexibility index (Phi) is 4.89. The molecular formula is C20H18O4. The van der Waals surface area contributed by atoms with Crippen molar-refractivity contribution >= 4 is 16.6 Å². The average molecular weight is 322 g/mol. The summed E-state index contributed by atoms with van der Waals surface area (Å²) < 4.78 is 10.6. The number of aliphatic hydroxyl groups is 1. The molecule has 0 amide bonds. The number of benzene rings is 3. The fourth-order valence-corrected chi connectivity index (χ4v) is 2.56. The highest BCUT2D eigenvalue weighted by Gasteiger charge is 2.16. The summed E-state index contributed by atoms with van der Waals surface area (Å²) in [4.78, 5) is 12.9. The van der Waals surface area contributed by atoms with Crippen LogP contribution in [0.25, 0.3) is 10.8 Å². The lowest BCUT2D eigenvalue weighted by Crippen LogP contribution is -2.07. The quantitative estimate of drug-likeness (QED) is 0.557. The van der Waals surface area contributed by atoms with E-state index in [4.69, 9.17) is 14.6 Å². The van der Waals surface area contributed by atoms with Gasteiger partial charge in [0.05, 0.1) is 12.2 Å². The normalized spacial score (nSPS) is 10.8. The molecule has 0 spiro atoms. The van der Waals surface area contributed by atoms with Crippen molar-refractivity contribution in [2.24, 2.45) is 0 Å². The second kappa shape index (κ2) is 7.25. The smallest absolute Gasteiger partial charge is 0.196 e. The Morgan fingerprint density at radius 2 is 1.67 bits per heavy atom. The largest absolute Gasteiger partial charge is 0.467 e. The van der Waals surface area contributed by atoms with E-state index in [-0.39, 0.29) is 19.2 Å². The second-order valence-electron chi connectivity index (χ2n) is 5.43. The Morgan fingerprint density at radius 1 is 1.00 bits per heavy atom. The van der Waals surface area contributed by atoms with Gasteiger partial charge in [-0.2, -0.15) is 0 Å². The number of carbonyl (C=O) groups is 1. The highest BCUT2D eigenvalue weighted by atomic mass is 16.7. The van der Waals surface area contributed by atoms with E-state index in [9.17, 15) is 4.79 Å². The van der Waals surface area contributed by atoms with Gasteiger partial charge >= 0.3 is 0 Å². The van der Waals surface area contributed by atoms with Gasteiger partial charge < -0.3 is 14.6 Å². The minimum Gasteiger partial charge on any atom is -0.467 e. The van der Waals surface area contributed by atoms with E-state index in [2.05, 4.69) is 0 Å². The lowest BCUT2D eigenvalue weighted by molar-refractivity contribution is 0.0504. The highest BCUT2D eigenvalue weighted by Crippen LogP contribution is 2.28. The molecule has 0 aliphatic carbocycles. The number of fused-ring (bicyclic) bond motifs is 1. The minimum absolute atomic E-state index is 0.0490. The number of ketones is 1. The van der Waals surface area contributed by atoms with Crippen LogP contribution in [0.5, 0.6) is 5.75 Å². The molecule has 24 heavy (non-hydrogen) atoms. The van der Waals surface area contributed by atoms with Crippen molar-refractivity contribution < 1.29 is 19.4 Å². The summed E-state index contributed by atoms with van der Waals surface area (Å²) in [5, 5.41) is 11.1. The van der Waals surface area contributed by atoms with Crippen molar-refractivity contribution in [3.63, 3.8) is 0 Å². The van der Waals surface area contributed by atoms with Crippen LogP contribution in [0.1, 0.15) is 21.5 Å². The minimum atomic E-state index is -0.128. The van der Waals surface area contributed by atoms with E-state index in [1.54, 1.807) is 24.3 Å². The van der Waals surface area contributed by atoms with E-state index in [0.717, 1.165) is 16.3 Å². The van der Waals surface area contributed by atoms with Crippen molar-refractivity contribution in [1.82, 2.24) is 0 Å². The number of hydrogen-bond donors (Lipinski definition) is 1. The predicted octanol–water partition coefficient (Wildman–Crippen LogP) is 3.55.